The summed E-state index contributed by atoms with van der Waals surface area (Å²) in [5.74, 6) is -0.356. The number of aromatic amines is 1. The van der Waals surface area contributed by atoms with E-state index in [1.165, 1.54) is 7.11 Å². The van der Waals surface area contributed by atoms with Gasteiger partial charge in [0.25, 0.3) is 0 Å². The van der Waals surface area contributed by atoms with E-state index in [1.54, 1.807) is 0 Å². The van der Waals surface area contributed by atoms with Crippen molar-refractivity contribution in [1.29, 1.82) is 0 Å². The van der Waals surface area contributed by atoms with Gasteiger partial charge in [-0.1, -0.05) is 20.3 Å². The molecule has 0 fully saturated rings. The summed E-state index contributed by atoms with van der Waals surface area (Å²) < 4.78 is 4.78. The van der Waals surface area contributed by atoms with Crippen molar-refractivity contribution >= 4 is 17.9 Å². The summed E-state index contributed by atoms with van der Waals surface area (Å²) in [5, 5.41) is 11.1. The van der Waals surface area contributed by atoms with Crippen molar-refractivity contribution in [3.63, 3.8) is 0 Å². The minimum Gasteiger partial charge on any atom is -0.466 e. The smallest absolute Gasteiger partial charge is 0.336 e. The first kappa shape index (κ1) is 14.7. The second kappa shape index (κ2) is 6.57. The van der Waals surface area contributed by atoms with Crippen molar-refractivity contribution in [2.24, 2.45) is 11.7 Å². The molecule has 0 aliphatic carbocycles. The number of carbonyl (C=O) groups excluding carboxylic acids is 2. The summed E-state index contributed by atoms with van der Waals surface area (Å²) in [6.07, 6.45) is 0.706. The number of rotatable bonds is 6. The lowest BCUT2D eigenvalue weighted by molar-refractivity contribution is -0.119. The molecule has 0 aliphatic rings. The highest BCUT2D eigenvalue weighted by atomic mass is 16.5. The molecule has 2 atom stereocenters. The molecule has 1 rings (SSSR count). The molecule has 1 aromatic rings. The lowest BCUT2D eigenvalue weighted by atomic mass is 9.98. The molecule has 0 radical (unpaired) electrons. The molecule has 0 saturated carbocycles. The van der Waals surface area contributed by atoms with Crippen LogP contribution in [0.4, 0.5) is 10.7 Å². The number of aromatic nitrogens is 3. The topological polar surface area (TPSA) is 135 Å². The highest BCUT2D eigenvalue weighted by Gasteiger charge is 2.26. The summed E-state index contributed by atoms with van der Waals surface area (Å²) in [6, 6.07) is -1.38. The van der Waals surface area contributed by atoms with E-state index in [-0.39, 0.29) is 17.9 Å². The molecule has 0 saturated heterocycles. The summed E-state index contributed by atoms with van der Waals surface area (Å²) in [4.78, 5) is 26.8. The molecule has 1 heterocycles. The molecular weight excluding hydrogens is 252 g/mol. The number of urea groups is 1. The number of nitrogens with two attached hydrogens (primary N) is 1. The zero-order valence-electron chi connectivity index (χ0n) is 11.1. The number of ether oxygens (including phenoxy) is 1. The second-order valence-corrected chi connectivity index (χ2v) is 4.03. The molecule has 1 aromatic heterocycles. The van der Waals surface area contributed by atoms with E-state index in [9.17, 15) is 9.59 Å². The van der Waals surface area contributed by atoms with Gasteiger partial charge in [0.1, 0.15) is 6.04 Å². The predicted molar refractivity (Wildman–Crippen MR) is 67.5 cm³/mol. The predicted octanol–water partition coefficient (Wildman–Crippen LogP) is -0.165. The Hall–Kier alpha value is -2.32. The van der Waals surface area contributed by atoms with Gasteiger partial charge in [-0.2, -0.15) is 4.98 Å². The number of amides is 3. The van der Waals surface area contributed by atoms with Crippen molar-refractivity contribution in [1.82, 2.24) is 20.5 Å². The number of nitrogens with one attached hydrogen (secondary N) is 3. The Morgan fingerprint density at radius 1 is 1.53 bits per heavy atom. The fourth-order valence-corrected chi connectivity index (χ4v) is 1.44. The van der Waals surface area contributed by atoms with Gasteiger partial charge in [-0.3, -0.25) is 10.1 Å². The first-order chi connectivity index (χ1) is 8.97. The van der Waals surface area contributed by atoms with Crippen LogP contribution in [-0.2, 0) is 4.79 Å². The van der Waals surface area contributed by atoms with E-state index < -0.39 is 18.0 Å². The van der Waals surface area contributed by atoms with Crippen molar-refractivity contribution in [2.45, 2.75) is 26.3 Å². The second-order valence-electron chi connectivity index (χ2n) is 4.03. The quantitative estimate of drug-likeness (QED) is 0.569. The Bertz CT molecular complexity index is 446. The van der Waals surface area contributed by atoms with Gasteiger partial charge in [-0.15, -0.1) is 5.10 Å². The van der Waals surface area contributed by atoms with E-state index in [2.05, 4.69) is 25.8 Å². The molecule has 5 N–H and O–H groups in total. The normalized spacial score (nSPS) is 13.4. The Morgan fingerprint density at radius 3 is 2.68 bits per heavy atom. The monoisotopic (exact) mass is 270 g/mol. The largest absolute Gasteiger partial charge is 0.466 e. The fraction of sp³-hybridized carbons (Fsp3) is 0.600. The van der Waals surface area contributed by atoms with Gasteiger partial charge in [0.2, 0.25) is 11.9 Å². The SMILES string of the molecule is CCC(C)C(NC(N)=O)C(=O)Nc1nc(OC)n[nH]1. The van der Waals surface area contributed by atoms with Crippen LogP contribution < -0.4 is 21.1 Å². The number of carbonyl (C=O) groups is 2. The van der Waals surface area contributed by atoms with Crippen LogP contribution in [0, 0.1) is 5.92 Å². The maximum absolute atomic E-state index is 12.0. The minimum absolute atomic E-state index is 0.0719. The summed E-state index contributed by atoms with van der Waals surface area (Å²) in [5.41, 5.74) is 5.06. The minimum atomic E-state index is -0.754. The van der Waals surface area contributed by atoms with Crippen molar-refractivity contribution in [3.05, 3.63) is 0 Å². The third kappa shape index (κ3) is 4.12. The first-order valence-electron chi connectivity index (χ1n) is 5.81. The summed E-state index contributed by atoms with van der Waals surface area (Å²) >= 11 is 0. The maximum atomic E-state index is 12.0. The summed E-state index contributed by atoms with van der Waals surface area (Å²) in [7, 11) is 1.41. The molecule has 19 heavy (non-hydrogen) atoms. The van der Waals surface area contributed by atoms with Crippen LogP contribution in [0.3, 0.4) is 0 Å². The number of hydrogen-bond donors (Lipinski definition) is 4. The van der Waals surface area contributed by atoms with Crippen LogP contribution in [0.5, 0.6) is 6.01 Å². The Morgan fingerprint density at radius 2 is 2.21 bits per heavy atom. The Balaban J connectivity index is 2.73. The average molecular weight is 270 g/mol. The number of methoxy groups -OCH3 is 1. The standard InChI is InChI=1S/C10H18N6O3/c1-4-5(2)6(12-8(11)18)7(17)13-9-14-10(19-3)16-15-9/h5-6H,4H2,1-3H3,(H3,11,12,18)(H2,13,14,15,16,17). The Kier molecular flexibility index (Phi) is 5.10. The van der Waals surface area contributed by atoms with Gasteiger partial charge in [0, 0.05) is 0 Å². The number of H-pyrrole nitrogens is 1. The van der Waals surface area contributed by atoms with Crippen LogP contribution in [0.2, 0.25) is 0 Å². The van der Waals surface area contributed by atoms with Crippen molar-refractivity contribution in [2.75, 3.05) is 12.4 Å². The molecule has 0 spiro atoms. The third-order valence-electron chi connectivity index (χ3n) is 2.68. The lowest BCUT2D eigenvalue weighted by Crippen LogP contribution is -2.49. The van der Waals surface area contributed by atoms with Crippen molar-refractivity contribution in [3.8, 4) is 6.01 Å². The van der Waals surface area contributed by atoms with E-state index in [4.69, 9.17) is 10.5 Å². The van der Waals surface area contributed by atoms with E-state index >= 15 is 0 Å². The highest BCUT2D eigenvalue weighted by molar-refractivity contribution is 5.95. The number of hydrogen-bond acceptors (Lipinski definition) is 5. The molecule has 9 heteroatoms. The zero-order valence-corrected chi connectivity index (χ0v) is 11.1. The molecule has 0 aromatic carbocycles. The molecule has 9 nitrogen and oxygen atoms in total. The van der Waals surface area contributed by atoms with Crippen LogP contribution in [0.1, 0.15) is 20.3 Å². The molecule has 2 unspecified atom stereocenters. The Labute approximate surface area is 110 Å². The third-order valence-corrected chi connectivity index (χ3v) is 2.68. The van der Waals surface area contributed by atoms with Gasteiger partial charge in [0.15, 0.2) is 0 Å². The summed E-state index contributed by atoms with van der Waals surface area (Å²) in [6.45, 7) is 3.74. The van der Waals surface area contributed by atoms with E-state index in [1.807, 2.05) is 13.8 Å². The molecule has 106 valence electrons. The van der Waals surface area contributed by atoms with Crippen LogP contribution >= 0.6 is 0 Å². The molecule has 3 amide bonds. The highest BCUT2D eigenvalue weighted by Crippen LogP contribution is 2.11. The fourth-order valence-electron chi connectivity index (χ4n) is 1.44. The van der Waals surface area contributed by atoms with Crippen LogP contribution in [0.15, 0.2) is 0 Å². The van der Waals surface area contributed by atoms with Gasteiger partial charge in [-0.25, -0.2) is 9.89 Å². The van der Waals surface area contributed by atoms with Gasteiger partial charge in [-0.05, 0) is 5.92 Å². The van der Waals surface area contributed by atoms with Crippen LogP contribution in [0.25, 0.3) is 0 Å². The number of anilines is 1. The lowest BCUT2D eigenvalue weighted by Gasteiger charge is -2.21. The van der Waals surface area contributed by atoms with Gasteiger partial charge >= 0.3 is 12.0 Å². The average Bonchev–Trinajstić information content (AvgIpc) is 2.82. The first-order valence-corrected chi connectivity index (χ1v) is 5.81. The molecule has 0 bridgehead atoms. The molecular formula is C10H18N6O3. The van der Waals surface area contributed by atoms with E-state index in [0.717, 1.165) is 0 Å². The molecule has 0 aliphatic heterocycles. The van der Waals surface area contributed by atoms with Crippen LogP contribution in [-0.4, -0.2) is 40.3 Å². The number of nitrogens with zero attached hydrogens (tertiary/aromatic N) is 2. The zero-order chi connectivity index (χ0) is 14.4. The van der Waals surface area contributed by atoms with Gasteiger partial charge in [0.05, 0.1) is 7.11 Å². The van der Waals surface area contributed by atoms with Crippen molar-refractivity contribution < 1.29 is 14.3 Å². The number of primary amides is 1. The maximum Gasteiger partial charge on any atom is 0.336 e. The van der Waals surface area contributed by atoms with Gasteiger partial charge < -0.3 is 15.8 Å². The van der Waals surface area contributed by atoms with E-state index in [0.29, 0.717) is 6.42 Å².